The Bertz CT molecular complexity index is 847. The van der Waals surface area contributed by atoms with Crippen molar-refractivity contribution in [2.45, 2.75) is 62.6 Å². The minimum absolute atomic E-state index is 0.0897. The van der Waals surface area contributed by atoms with E-state index in [9.17, 15) is 9.18 Å². The van der Waals surface area contributed by atoms with Gasteiger partial charge in [-0.3, -0.25) is 9.36 Å². The normalized spacial score (nSPS) is 19.4. The van der Waals surface area contributed by atoms with E-state index in [-0.39, 0.29) is 17.8 Å². The number of hydrogen-bond donors (Lipinski definition) is 1. The van der Waals surface area contributed by atoms with Crippen LogP contribution in [0.4, 0.5) is 4.39 Å². The molecule has 0 radical (unpaired) electrons. The number of nitrogens with one attached hydrogen (secondary N) is 1. The number of carbonyl (C=O) groups is 1. The molecule has 162 valence electrons. The lowest BCUT2D eigenvalue weighted by Gasteiger charge is -2.13. The maximum Gasteiger partial charge on any atom is 0.220 e. The Labute approximate surface area is 181 Å². The molecule has 0 unspecified atom stereocenters. The summed E-state index contributed by atoms with van der Waals surface area (Å²) in [4.78, 5) is 12.2. The highest BCUT2D eigenvalue weighted by Crippen LogP contribution is 2.28. The van der Waals surface area contributed by atoms with E-state index < -0.39 is 0 Å². The highest BCUT2D eigenvalue weighted by atomic mass is 32.2. The Morgan fingerprint density at radius 1 is 1.20 bits per heavy atom. The van der Waals surface area contributed by atoms with Crippen LogP contribution in [0.2, 0.25) is 0 Å². The number of amides is 1. The number of thioether (sulfide) groups is 1. The van der Waals surface area contributed by atoms with Gasteiger partial charge >= 0.3 is 0 Å². The van der Waals surface area contributed by atoms with Crippen molar-refractivity contribution >= 4 is 17.7 Å². The zero-order valence-electron chi connectivity index (χ0n) is 17.2. The summed E-state index contributed by atoms with van der Waals surface area (Å²) >= 11 is 1.54. The SMILES string of the molecule is O=C(CC1CCCC1)NCCc1nnc(SC[C@H]2CCCO2)n1-c1ccccc1F. The fourth-order valence-electron chi connectivity index (χ4n) is 4.24. The number of aromatic nitrogens is 3. The maximum atomic E-state index is 14.6. The number of halogens is 1. The average molecular weight is 433 g/mol. The van der Waals surface area contributed by atoms with Crippen molar-refractivity contribution in [3.05, 3.63) is 35.9 Å². The van der Waals surface area contributed by atoms with Gasteiger partial charge in [-0.1, -0.05) is 36.7 Å². The number of hydrogen-bond acceptors (Lipinski definition) is 5. The van der Waals surface area contributed by atoms with Gasteiger partial charge < -0.3 is 10.1 Å². The minimum atomic E-state index is -0.317. The molecule has 6 nitrogen and oxygen atoms in total. The van der Waals surface area contributed by atoms with Gasteiger partial charge in [0.15, 0.2) is 5.16 Å². The van der Waals surface area contributed by atoms with E-state index in [0.717, 1.165) is 38.0 Å². The van der Waals surface area contributed by atoms with Crippen molar-refractivity contribution < 1.29 is 13.9 Å². The predicted molar refractivity (Wildman–Crippen MR) is 114 cm³/mol. The zero-order valence-corrected chi connectivity index (χ0v) is 18.0. The summed E-state index contributed by atoms with van der Waals surface area (Å²) in [6, 6.07) is 6.65. The van der Waals surface area contributed by atoms with Crippen LogP contribution in [0.3, 0.4) is 0 Å². The second-order valence-electron chi connectivity index (χ2n) is 8.09. The third-order valence-electron chi connectivity index (χ3n) is 5.84. The van der Waals surface area contributed by atoms with Crippen molar-refractivity contribution in [2.24, 2.45) is 5.92 Å². The smallest absolute Gasteiger partial charge is 0.220 e. The predicted octanol–water partition coefficient (Wildman–Crippen LogP) is 3.92. The van der Waals surface area contributed by atoms with Gasteiger partial charge in [0, 0.05) is 31.7 Å². The third kappa shape index (κ3) is 5.40. The van der Waals surface area contributed by atoms with Gasteiger partial charge in [-0.2, -0.15) is 0 Å². The lowest BCUT2D eigenvalue weighted by atomic mass is 10.0. The van der Waals surface area contributed by atoms with Crippen LogP contribution in [-0.4, -0.2) is 45.7 Å². The minimum Gasteiger partial charge on any atom is -0.377 e. The van der Waals surface area contributed by atoms with E-state index in [1.54, 1.807) is 34.5 Å². The van der Waals surface area contributed by atoms with Crippen LogP contribution in [0.5, 0.6) is 0 Å². The van der Waals surface area contributed by atoms with Gasteiger partial charge in [-0.25, -0.2) is 4.39 Å². The molecule has 1 aliphatic heterocycles. The molecule has 0 bridgehead atoms. The largest absolute Gasteiger partial charge is 0.377 e. The third-order valence-corrected chi connectivity index (χ3v) is 6.90. The Hall–Kier alpha value is -1.93. The molecule has 30 heavy (non-hydrogen) atoms. The monoisotopic (exact) mass is 432 g/mol. The van der Waals surface area contributed by atoms with Gasteiger partial charge in [-0.15, -0.1) is 10.2 Å². The number of nitrogens with zero attached hydrogens (tertiary/aromatic N) is 3. The lowest BCUT2D eigenvalue weighted by Crippen LogP contribution is -2.27. The molecular weight excluding hydrogens is 403 g/mol. The molecule has 1 aliphatic carbocycles. The van der Waals surface area contributed by atoms with Crippen LogP contribution in [0.25, 0.3) is 5.69 Å². The molecule has 1 atom stereocenters. The average Bonchev–Trinajstić information content (AvgIpc) is 3.49. The molecule has 4 rings (SSSR count). The molecule has 1 amide bonds. The van der Waals surface area contributed by atoms with E-state index in [4.69, 9.17) is 4.74 Å². The van der Waals surface area contributed by atoms with Crippen LogP contribution in [0.1, 0.15) is 50.8 Å². The molecule has 2 heterocycles. The van der Waals surface area contributed by atoms with Crippen molar-refractivity contribution in [1.29, 1.82) is 0 Å². The van der Waals surface area contributed by atoms with Crippen molar-refractivity contribution in [1.82, 2.24) is 20.1 Å². The molecule has 2 fully saturated rings. The van der Waals surface area contributed by atoms with Crippen molar-refractivity contribution in [2.75, 3.05) is 18.9 Å². The van der Waals surface area contributed by atoms with Gasteiger partial charge in [0.25, 0.3) is 0 Å². The zero-order chi connectivity index (χ0) is 20.8. The van der Waals surface area contributed by atoms with Crippen LogP contribution in [-0.2, 0) is 16.0 Å². The molecule has 1 saturated carbocycles. The van der Waals surface area contributed by atoms with Gasteiger partial charge in [0.05, 0.1) is 11.8 Å². The number of rotatable bonds is 9. The molecule has 2 aliphatic rings. The number of benzene rings is 1. The first-order chi connectivity index (χ1) is 14.7. The van der Waals surface area contributed by atoms with Crippen molar-refractivity contribution in [3.63, 3.8) is 0 Å². The standard InChI is InChI=1S/C22H29FN4O2S/c23-18-9-3-4-10-19(18)27-20(11-12-24-21(28)14-16-6-1-2-7-16)25-26-22(27)30-15-17-8-5-13-29-17/h3-4,9-10,16-17H,1-2,5-8,11-15H2,(H,24,28)/t17-/m1/s1. The van der Waals surface area contributed by atoms with Crippen molar-refractivity contribution in [3.8, 4) is 5.69 Å². The van der Waals surface area contributed by atoms with E-state index >= 15 is 0 Å². The van der Waals surface area contributed by atoms with Gasteiger partial charge in [0.2, 0.25) is 5.91 Å². The van der Waals surface area contributed by atoms with E-state index in [2.05, 4.69) is 15.5 Å². The molecule has 0 spiro atoms. The summed E-state index contributed by atoms with van der Waals surface area (Å²) in [7, 11) is 0. The van der Waals surface area contributed by atoms with E-state index in [0.29, 0.717) is 42.0 Å². The number of para-hydroxylation sites is 1. The lowest BCUT2D eigenvalue weighted by molar-refractivity contribution is -0.121. The fourth-order valence-corrected chi connectivity index (χ4v) is 5.27. The molecule has 1 saturated heterocycles. The summed E-state index contributed by atoms with van der Waals surface area (Å²) in [5.41, 5.74) is 0.435. The van der Waals surface area contributed by atoms with Crippen LogP contribution >= 0.6 is 11.8 Å². The molecule has 2 aromatic rings. The Morgan fingerprint density at radius 2 is 2.03 bits per heavy atom. The topological polar surface area (TPSA) is 69.0 Å². The maximum absolute atomic E-state index is 14.6. The Kier molecular flexibility index (Phi) is 7.38. The quantitative estimate of drug-likeness (QED) is 0.609. The molecule has 1 N–H and O–H groups in total. The highest BCUT2D eigenvalue weighted by Gasteiger charge is 2.22. The summed E-state index contributed by atoms with van der Waals surface area (Å²) in [6.45, 7) is 1.27. The van der Waals surface area contributed by atoms with E-state index in [1.807, 2.05) is 0 Å². The first-order valence-electron chi connectivity index (χ1n) is 10.9. The van der Waals surface area contributed by atoms with Gasteiger partial charge in [-0.05, 0) is 43.7 Å². The van der Waals surface area contributed by atoms with E-state index in [1.165, 1.54) is 18.9 Å². The highest BCUT2D eigenvalue weighted by molar-refractivity contribution is 7.99. The Morgan fingerprint density at radius 3 is 2.80 bits per heavy atom. The fraction of sp³-hybridized carbons (Fsp3) is 0.591. The van der Waals surface area contributed by atoms with Crippen LogP contribution in [0.15, 0.2) is 29.4 Å². The molecule has 8 heteroatoms. The summed E-state index contributed by atoms with van der Waals surface area (Å²) in [5.74, 6) is 1.71. The second-order valence-corrected chi connectivity index (χ2v) is 9.07. The summed E-state index contributed by atoms with van der Waals surface area (Å²) in [6.07, 6.45) is 8.20. The van der Waals surface area contributed by atoms with Gasteiger partial charge in [0.1, 0.15) is 11.6 Å². The molecule has 1 aromatic carbocycles. The molecule has 1 aromatic heterocycles. The first kappa shape index (κ1) is 21.3. The number of carbonyl (C=O) groups excluding carboxylic acids is 1. The molecular formula is C22H29FN4O2S. The van der Waals surface area contributed by atoms with Crippen LogP contribution < -0.4 is 5.32 Å². The first-order valence-corrected chi connectivity index (χ1v) is 11.9. The Balaban J connectivity index is 1.42. The second kappa shape index (κ2) is 10.4. The summed E-state index contributed by atoms with van der Waals surface area (Å²) < 4.78 is 22.0. The number of ether oxygens (including phenoxy) is 1. The van der Waals surface area contributed by atoms with Crippen LogP contribution in [0, 0.1) is 11.7 Å². The summed E-state index contributed by atoms with van der Waals surface area (Å²) in [5, 5.41) is 12.3.